The Hall–Kier alpha value is -2.23. The van der Waals surface area contributed by atoms with E-state index in [2.05, 4.69) is 27.5 Å². The van der Waals surface area contributed by atoms with Gasteiger partial charge in [0.2, 0.25) is 5.88 Å². The maximum Gasteiger partial charge on any atom is 0.213 e. The van der Waals surface area contributed by atoms with Crippen molar-refractivity contribution in [2.75, 3.05) is 26.9 Å². The molecule has 2 rings (SSSR count). The van der Waals surface area contributed by atoms with Crippen LogP contribution in [0.15, 0.2) is 41.5 Å². The first kappa shape index (κ1) is 25.8. The van der Waals surface area contributed by atoms with Crippen LogP contribution >= 0.6 is 24.0 Å². The van der Waals surface area contributed by atoms with Crippen LogP contribution in [-0.4, -0.2) is 37.8 Å². The zero-order valence-electron chi connectivity index (χ0n) is 18.4. The number of aromatic nitrogens is 1. The van der Waals surface area contributed by atoms with Crippen LogP contribution in [0, 0.1) is 0 Å². The van der Waals surface area contributed by atoms with Gasteiger partial charge in [-0.1, -0.05) is 6.07 Å². The zero-order chi connectivity index (χ0) is 21.1. The predicted molar refractivity (Wildman–Crippen MR) is 131 cm³/mol. The van der Waals surface area contributed by atoms with Crippen molar-refractivity contribution >= 4 is 29.9 Å². The fourth-order valence-corrected chi connectivity index (χ4v) is 2.79. The molecule has 0 saturated carbocycles. The van der Waals surface area contributed by atoms with E-state index in [1.165, 1.54) is 0 Å². The monoisotopic (exact) mass is 528 g/mol. The molecule has 0 aliphatic carbocycles. The van der Waals surface area contributed by atoms with Gasteiger partial charge < -0.3 is 24.8 Å². The summed E-state index contributed by atoms with van der Waals surface area (Å²) in [5.74, 6) is 2.85. The number of nitrogens with one attached hydrogen (secondary N) is 2. The summed E-state index contributed by atoms with van der Waals surface area (Å²) in [5, 5.41) is 6.74. The molecule has 30 heavy (non-hydrogen) atoms. The number of guanidine groups is 1. The van der Waals surface area contributed by atoms with Crippen molar-refractivity contribution in [1.29, 1.82) is 0 Å². The van der Waals surface area contributed by atoms with E-state index >= 15 is 0 Å². The lowest BCUT2D eigenvalue weighted by molar-refractivity contribution is 0.287. The standard InChI is InChI=1S/C22H32N4O3.HI/c1-6-27-19-10-9-18(14-20(19)28-7-2)16(4)26-22(23-5)25-15-17-11-12-24-21(13-17)29-8-3;/h9-14,16H,6-8,15H2,1-5H3,(H2,23,25,26);1H. The lowest BCUT2D eigenvalue weighted by Crippen LogP contribution is -2.38. The molecule has 0 saturated heterocycles. The molecule has 0 radical (unpaired) electrons. The smallest absolute Gasteiger partial charge is 0.213 e. The average Bonchev–Trinajstić information content (AvgIpc) is 2.73. The molecule has 1 unspecified atom stereocenters. The number of rotatable bonds is 10. The number of pyridine rings is 1. The van der Waals surface area contributed by atoms with Crippen molar-refractivity contribution in [2.24, 2.45) is 4.99 Å². The summed E-state index contributed by atoms with van der Waals surface area (Å²) in [7, 11) is 1.75. The molecule has 1 aromatic heterocycles. The minimum atomic E-state index is 0. The normalized spacial score (nSPS) is 11.8. The highest BCUT2D eigenvalue weighted by atomic mass is 127. The Morgan fingerprint density at radius 1 is 1.00 bits per heavy atom. The topological polar surface area (TPSA) is 77.0 Å². The molecule has 0 spiro atoms. The highest BCUT2D eigenvalue weighted by Gasteiger charge is 2.12. The molecule has 0 bridgehead atoms. The lowest BCUT2D eigenvalue weighted by atomic mass is 10.1. The number of hydrogen-bond acceptors (Lipinski definition) is 5. The van der Waals surface area contributed by atoms with E-state index in [0.717, 1.165) is 22.6 Å². The first-order valence-electron chi connectivity index (χ1n) is 10.1. The van der Waals surface area contributed by atoms with Gasteiger partial charge in [-0.15, -0.1) is 24.0 Å². The number of hydrogen-bond donors (Lipinski definition) is 2. The summed E-state index contributed by atoms with van der Waals surface area (Å²) in [4.78, 5) is 8.51. The molecular weight excluding hydrogens is 495 g/mol. The van der Waals surface area contributed by atoms with E-state index in [0.29, 0.717) is 38.2 Å². The maximum atomic E-state index is 5.73. The second-order valence-corrected chi connectivity index (χ2v) is 6.30. The van der Waals surface area contributed by atoms with Gasteiger partial charge in [0.25, 0.3) is 0 Å². The van der Waals surface area contributed by atoms with Gasteiger partial charge in [-0.2, -0.15) is 0 Å². The van der Waals surface area contributed by atoms with Gasteiger partial charge in [0.05, 0.1) is 25.9 Å². The maximum absolute atomic E-state index is 5.73. The number of aliphatic imine (C=N–C) groups is 1. The Kier molecular flexibility index (Phi) is 12.0. The van der Waals surface area contributed by atoms with E-state index in [1.807, 2.05) is 51.1 Å². The third-order valence-electron chi connectivity index (χ3n) is 4.20. The molecule has 1 aromatic carbocycles. The van der Waals surface area contributed by atoms with E-state index in [9.17, 15) is 0 Å². The fraction of sp³-hybridized carbons (Fsp3) is 0.455. The van der Waals surface area contributed by atoms with Crippen molar-refractivity contribution < 1.29 is 14.2 Å². The van der Waals surface area contributed by atoms with E-state index in [1.54, 1.807) is 13.2 Å². The van der Waals surface area contributed by atoms with Crippen LogP contribution in [0.1, 0.15) is 44.9 Å². The van der Waals surface area contributed by atoms with Gasteiger partial charge in [-0.25, -0.2) is 4.98 Å². The Balaban J connectivity index is 0.00000450. The van der Waals surface area contributed by atoms with Crippen LogP contribution in [0.2, 0.25) is 0 Å². The van der Waals surface area contributed by atoms with E-state index < -0.39 is 0 Å². The highest BCUT2D eigenvalue weighted by molar-refractivity contribution is 14.0. The lowest BCUT2D eigenvalue weighted by Gasteiger charge is -2.20. The largest absolute Gasteiger partial charge is 0.490 e. The molecule has 166 valence electrons. The minimum Gasteiger partial charge on any atom is -0.490 e. The Morgan fingerprint density at radius 2 is 1.70 bits per heavy atom. The van der Waals surface area contributed by atoms with Crippen molar-refractivity contribution in [2.45, 2.75) is 40.3 Å². The van der Waals surface area contributed by atoms with Crippen LogP contribution in [0.5, 0.6) is 17.4 Å². The number of ether oxygens (including phenoxy) is 3. The molecule has 1 heterocycles. The average molecular weight is 528 g/mol. The van der Waals surface area contributed by atoms with Gasteiger partial charge in [0.15, 0.2) is 17.5 Å². The van der Waals surface area contributed by atoms with Gasteiger partial charge >= 0.3 is 0 Å². The summed E-state index contributed by atoms with van der Waals surface area (Å²) in [6.07, 6.45) is 1.75. The van der Waals surface area contributed by atoms with Crippen LogP contribution in [0.25, 0.3) is 0 Å². The third kappa shape index (κ3) is 7.89. The van der Waals surface area contributed by atoms with Crippen LogP contribution < -0.4 is 24.8 Å². The molecule has 7 nitrogen and oxygen atoms in total. The van der Waals surface area contributed by atoms with Crippen molar-refractivity contribution in [1.82, 2.24) is 15.6 Å². The molecular formula is C22H33IN4O3. The summed E-state index contributed by atoms with van der Waals surface area (Å²) in [6, 6.07) is 9.91. The van der Waals surface area contributed by atoms with Crippen LogP contribution in [0.3, 0.4) is 0 Å². The molecule has 0 aliphatic heterocycles. The molecule has 2 N–H and O–H groups in total. The van der Waals surface area contributed by atoms with Crippen molar-refractivity contribution in [3.63, 3.8) is 0 Å². The molecule has 1 atom stereocenters. The Bertz CT molecular complexity index is 802. The molecule has 0 fully saturated rings. The van der Waals surface area contributed by atoms with Crippen LogP contribution in [0.4, 0.5) is 0 Å². The third-order valence-corrected chi connectivity index (χ3v) is 4.20. The molecule has 0 aliphatic rings. The fourth-order valence-electron chi connectivity index (χ4n) is 2.79. The Labute approximate surface area is 196 Å². The summed E-state index contributed by atoms with van der Waals surface area (Å²) < 4.78 is 16.8. The van der Waals surface area contributed by atoms with E-state index in [4.69, 9.17) is 14.2 Å². The summed E-state index contributed by atoms with van der Waals surface area (Å²) >= 11 is 0. The second kappa shape index (κ2) is 13.9. The van der Waals surface area contributed by atoms with Gasteiger partial charge in [-0.05, 0) is 57.0 Å². The highest BCUT2D eigenvalue weighted by Crippen LogP contribution is 2.30. The van der Waals surface area contributed by atoms with Crippen molar-refractivity contribution in [3.05, 3.63) is 47.7 Å². The molecule has 2 aromatic rings. The van der Waals surface area contributed by atoms with E-state index in [-0.39, 0.29) is 30.0 Å². The predicted octanol–water partition coefficient (Wildman–Crippen LogP) is 4.32. The van der Waals surface area contributed by atoms with Gasteiger partial charge in [0, 0.05) is 25.9 Å². The van der Waals surface area contributed by atoms with Crippen molar-refractivity contribution in [3.8, 4) is 17.4 Å². The quantitative estimate of drug-likeness (QED) is 0.272. The molecule has 8 heteroatoms. The number of halogens is 1. The number of nitrogens with zero attached hydrogens (tertiary/aromatic N) is 2. The first-order chi connectivity index (χ1) is 14.1. The SMILES string of the molecule is CCOc1cc(CNC(=NC)NC(C)c2ccc(OCC)c(OCC)c2)ccn1.I. The Morgan fingerprint density at radius 3 is 2.37 bits per heavy atom. The van der Waals surface area contributed by atoms with Gasteiger partial charge in [0.1, 0.15) is 0 Å². The summed E-state index contributed by atoms with van der Waals surface area (Å²) in [5.41, 5.74) is 2.15. The first-order valence-corrected chi connectivity index (χ1v) is 10.1. The van der Waals surface area contributed by atoms with Crippen LogP contribution in [-0.2, 0) is 6.54 Å². The second-order valence-electron chi connectivity index (χ2n) is 6.30. The number of benzene rings is 1. The summed E-state index contributed by atoms with van der Waals surface area (Å²) in [6.45, 7) is 10.3. The minimum absolute atomic E-state index is 0. The van der Waals surface area contributed by atoms with Gasteiger partial charge in [-0.3, -0.25) is 4.99 Å². The molecule has 0 amide bonds. The zero-order valence-corrected chi connectivity index (χ0v) is 20.7.